The molecule has 3 heteroatoms. The van der Waals surface area contributed by atoms with Gasteiger partial charge in [0.2, 0.25) is 0 Å². The van der Waals surface area contributed by atoms with E-state index in [1.807, 2.05) is 11.3 Å². The van der Waals surface area contributed by atoms with Crippen molar-refractivity contribution in [3.8, 4) is 0 Å². The van der Waals surface area contributed by atoms with Crippen LogP contribution in [0.1, 0.15) is 18.2 Å². The second-order valence-electron chi connectivity index (χ2n) is 3.93. The lowest BCUT2D eigenvalue weighted by Gasteiger charge is -2.42. The number of nitrogens with two attached hydrogens (primary N) is 1. The van der Waals surface area contributed by atoms with Crippen LogP contribution in [0.2, 0.25) is 0 Å². The molecule has 0 spiro atoms. The van der Waals surface area contributed by atoms with Gasteiger partial charge >= 0.3 is 0 Å². The molecule has 1 aliphatic rings. The number of hydrogen-bond acceptors (Lipinski definition) is 3. The molecule has 2 N–H and O–H groups in total. The highest BCUT2D eigenvalue weighted by molar-refractivity contribution is 7.10. The molecule has 0 amide bonds. The van der Waals surface area contributed by atoms with Gasteiger partial charge in [-0.15, -0.1) is 11.3 Å². The van der Waals surface area contributed by atoms with Crippen LogP contribution < -0.4 is 5.73 Å². The molecule has 1 unspecified atom stereocenters. The van der Waals surface area contributed by atoms with Crippen LogP contribution in [-0.2, 0) is 10.2 Å². The Kier molecular flexibility index (Phi) is 2.41. The molecule has 0 bridgehead atoms. The second kappa shape index (κ2) is 3.40. The van der Waals surface area contributed by atoms with Crippen molar-refractivity contribution >= 4 is 11.3 Å². The number of hydrogen-bond donors (Lipinski definition) is 1. The molecule has 2 heterocycles. The van der Waals surface area contributed by atoms with Gasteiger partial charge in [-0.05, 0) is 24.8 Å². The average Bonchev–Trinajstić information content (AvgIpc) is 2.48. The molecule has 2 nitrogen and oxygen atoms in total. The van der Waals surface area contributed by atoms with E-state index >= 15 is 0 Å². The summed E-state index contributed by atoms with van der Waals surface area (Å²) < 4.78 is 5.31. The van der Waals surface area contributed by atoms with Crippen LogP contribution in [0.3, 0.4) is 0 Å². The second-order valence-corrected chi connectivity index (χ2v) is 4.88. The van der Waals surface area contributed by atoms with Crippen molar-refractivity contribution in [3.05, 3.63) is 22.4 Å². The molecular weight excluding hydrogens is 182 g/mol. The van der Waals surface area contributed by atoms with Crippen LogP contribution in [0.25, 0.3) is 0 Å². The molecule has 13 heavy (non-hydrogen) atoms. The first-order valence-electron chi connectivity index (χ1n) is 4.60. The first kappa shape index (κ1) is 9.19. The first-order chi connectivity index (χ1) is 6.23. The van der Waals surface area contributed by atoms with Crippen molar-refractivity contribution in [2.75, 3.05) is 13.2 Å². The van der Waals surface area contributed by atoms with Gasteiger partial charge in [0.05, 0.1) is 18.6 Å². The zero-order chi connectivity index (χ0) is 9.31. The van der Waals surface area contributed by atoms with Gasteiger partial charge < -0.3 is 10.5 Å². The predicted octanol–water partition coefficient (Wildman–Crippen LogP) is 1.75. The van der Waals surface area contributed by atoms with Gasteiger partial charge in [0.25, 0.3) is 0 Å². The van der Waals surface area contributed by atoms with Crippen LogP contribution in [0, 0.1) is 0 Å². The Hall–Kier alpha value is -0.380. The Balaban J connectivity index is 2.16. The van der Waals surface area contributed by atoms with Crippen molar-refractivity contribution in [3.63, 3.8) is 0 Å². The minimum absolute atomic E-state index is 0.238. The summed E-state index contributed by atoms with van der Waals surface area (Å²) in [5.41, 5.74) is 6.08. The van der Waals surface area contributed by atoms with E-state index in [0.29, 0.717) is 0 Å². The quantitative estimate of drug-likeness (QED) is 0.801. The lowest BCUT2D eigenvalue weighted by molar-refractivity contribution is -0.0646. The number of thiophene rings is 1. The molecule has 0 radical (unpaired) electrons. The Labute approximate surface area is 82.7 Å². The summed E-state index contributed by atoms with van der Waals surface area (Å²) in [6, 6.07) is 4.54. The van der Waals surface area contributed by atoms with Crippen LogP contribution in [-0.4, -0.2) is 19.3 Å². The van der Waals surface area contributed by atoms with Crippen molar-refractivity contribution < 1.29 is 4.74 Å². The van der Waals surface area contributed by atoms with Crippen molar-refractivity contribution in [1.29, 1.82) is 0 Å². The fourth-order valence-electron chi connectivity index (χ4n) is 1.91. The van der Waals surface area contributed by atoms with E-state index in [0.717, 1.165) is 19.6 Å². The molecule has 1 aliphatic heterocycles. The highest BCUT2D eigenvalue weighted by Gasteiger charge is 2.41. The van der Waals surface area contributed by atoms with Crippen LogP contribution in [0.4, 0.5) is 0 Å². The van der Waals surface area contributed by atoms with E-state index in [9.17, 15) is 0 Å². The normalized spacial score (nSPS) is 22.3. The molecule has 1 aromatic rings. The SMILES string of the molecule is CC(N)CC1(c2cccs2)COC1. The van der Waals surface area contributed by atoms with Gasteiger partial charge in [-0.1, -0.05) is 6.07 Å². The van der Waals surface area contributed by atoms with Gasteiger partial charge in [-0.25, -0.2) is 0 Å². The Morgan fingerprint density at radius 2 is 2.46 bits per heavy atom. The van der Waals surface area contributed by atoms with Gasteiger partial charge in [-0.3, -0.25) is 0 Å². The third kappa shape index (κ3) is 1.64. The summed E-state index contributed by atoms with van der Waals surface area (Å²) in [5, 5.41) is 2.12. The summed E-state index contributed by atoms with van der Waals surface area (Å²) in [5.74, 6) is 0. The predicted molar refractivity (Wildman–Crippen MR) is 55.1 cm³/mol. The largest absolute Gasteiger partial charge is 0.379 e. The fourth-order valence-corrected chi connectivity index (χ4v) is 2.82. The molecule has 2 rings (SSSR count). The van der Waals surface area contributed by atoms with E-state index in [1.165, 1.54) is 4.88 Å². The molecule has 1 aromatic heterocycles. The average molecular weight is 197 g/mol. The van der Waals surface area contributed by atoms with Crippen molar-refractivity contribution in [1.82, 2.24) is 0 Å². The van der Waals surface area contributed by atoms with E-state index < -0.39 is 0 Å². The molecule has 1 fully saturated rings. The third-order valence-electron chi connectivity index (χ3n) is 2.51. The van der Waals surface area contributed by atoms with Gasteiger partial charge in [0.1, 0.15) is 0 Å². The highest BCUT2D eigenvalue weighted by atomic mass is 32.1. The molecule has 0 saturated carbocycles. The minimum Gasteiger partial charge on any atom is -0.379 e. The van der Waals surface area contributed by atoms with E-state index in [2.05, 4.69) is 24.4 Å². The molecular formula is C10H15NOS. The Morgan fingerprint density at radius 1 is 1.69 bits per heavy atom. The molecule has 1 atom stereocenters. The fraction of sp³-hybridized carbons (Fsp3) is 0.600. The summed E-state index contributed by atoms with van der Waals surface area (Å²) in [7, 11) is 0. The van der Waals surface area contributed by atoms with Gasteiger partial charge in [-0.2, -0.15) is 0 Å². The molecule has 72 valence electrons. The zero-order valence-electron chi connectivity index (χ0n) is 7.82. The maximum absolute atomic E-state index is 5.84. The van der Waals surface area contributed by atoms with Crippen LogP contribution >= 0.6 is 11.3 Å². The highest BCUT2D eigenvalue weighted by Crippen LogP contribution is 2.38. The Bertz CT molecular complexity index is 264. The smallest absolute Gasteiger partial charge is 0.0594 e. The third-order valence-corrected chi connectivity index (χ3v) is 3.63. The van der Waals surface area contributed by atoms with Crippen molar-refractivity contribution in [2.45, 2.75) is 24.8 Å². The standard InChI is InChI=1S/C10H15NOS/c1-8(11)5-10(6-12-7-10)9-3-2-4-13-9/h2-4,8H,5-7,11H2,1H3. The van der Waals surface area contributed by atoms with Crippen LogP contribution in [0.5, 0.6) is 0 Å². The van der Waals surface area contributed by atoms with E-state index in [1.54, 1.807) is 0 Å². The first-order valence-corrected chi connectivity index (χ1v) is 5.48. The maximum Gasteiger partial charge on any atom is 0.0594 e. The molecule has 1 saturated heterocycles. The summed E-state index contributed by atoms with van der Waals surface area (Å²) in [6.45, 7) is 3.75. The lowest BCUT2D eigenvalue weighted by atomic mass is 9.79. The summed E-state index contributed by atoms with van der Waals surface area (Å²) in [4.78, 5) is 1.43. The zero-order valence-corrected chi connectivity index (χ0v) is 8.64. The number of rotatable bonds is 3. The topological polar surface area (TPSA) is 35.2 Å². The lowest BCUT2D eigenvalue weighted by Crippen LogP contribution is -2.49. The molecule has 0 aromatic carbocycles. The van der Waals surface area contributed by atoms with E-state index in [-0.39, 0.29) is 11.5 Å². The number of ether oxygens (including phenoxy) is 1. The summed E-state index contributed by atoms with van der Waals surface area (Å²) >= 11 is 1.81. The van der Waals surface area contributed by atoms with Crippen LogP contribution in [0.15, 0.2) is 17.5 Å². The van der Waals surface area contributed by atoms with Gasteiger partial charge in [0.15, 0.2) is 0 Å². The maximum atomic E-state index is 5.84. The molecule has 0 aliphatic carbocycles. The summed E-state index contributed by atoms with van der Waals surface area (Å²) in [6.07, 6.45) is 1.04. The minimum atomic E-state index is 0.238. The van der Waals surface area contributed by atoms with E-state index in [4.69, 9.17) is 10.5 Å². The monoisotopic (exact) mass is 197 g/mol. The Morgan fingerprint density at radius 3 is 2.85 bits per heavy atom. The van der Waals surface area contributed by atoms with Gasteiger partial charge in [0, 0.05) is 10.9 Å². The van der Waals surface area contributed by atoms with Crippen molar-refractivity contribution in [2.24, 2.45) is 5.73 Å².